The fraction of sp³-hybridized carbons (Fsp3) is 0.265. The van der Waals surface area contributed by atoms with Gasteiger partial charge in [-0.25, -0.2) is 9.18 Å². The fourth-order valence-electron chi connectivity index (χ4n) is 8.04. The molecule has 1 saturated carbocycles. The van der Waals surface area contributed by atoms with Gasteiger partial charge in [0.1, 0.15) is 0 Å². The number of halogens is 1. The number of carbonyl (C=O) groups is 5. The minimum Gasteiger partial charge on any atom is -0.505 e. The molecule has 10 nitrogen and oxygen atoms in total. The Hall–Kier alpha value is -5.32. The number of anilines is 1. The van der Waals surface area contributed by atoms with Gasteiger partial charge in [-0.05, 0) is 61.1 Å². The number of rotatable bonds is 4. The first-order valence-corrected chi connectivity index (χ1v) is 14.7. The smallest absolute Gasteiger partial charge is 0.328 e. The molecule has 2 aliphatic carbocycles. The van der Waals surface area contributed by atoms with Crippen LogP contribution in [0.3, 0.4) is 0 Å². The number of urea groups is 1. The van der Waals surface area contributed by atoms with Crippen LogP contribution in [0.25, 0.3) is 0 Å². The molecule has 6 atom stereocenters. The fourth-order valence-corrected chi connectivity index (χ4v) is 8.04. The molecular formula is C34H29FN4O6. The van der Waals surface area contributed by atoms with Crippen molar-refractivity contribution < 1.29 is 33.5 Å². The van der Waals surface area contributed by atoms with Crippen LogP contribution in [0, 0.1) is 36.4 Å². The topological polar surface area (TPSA) is 150 Å². The number of imide groups is 4. The Bertz CT molecular complexity index is 1830. The van der Waals surface area contributed by atoms with E-state index >= 15 is 4.39 Å². The first-order chi connectivity index (χ1) is 21.5. The number of aromatic hydroxyl groups is 1. The van der Waals surface area contributed by atoms with Gasteiger partial charge >= 0.3 is 6.03 Å². The number of hydrogen-bond donors (Lipinski definition) is 3. The lowest BCUT2D eigenvalue weighted by Gasteiger charge is -2.50. The van der Waals surface area contributed by atoms with E-state index < -0.39 is 76.2 Å². The lowest BCUT2D eigenvalue weighted by molar-refractivity contribution is -0.139. The number of allylic oxidation sites excluding steroid dienone is 2. The van der Waals surface area contributed by atoms with Crippen molar-refractivity contribution in [2.24, 2.45) is 29.4 Å². The Balaban J connectivity index is 1.46. The van der Waals surface area contributed by atoms with Crippen molar-refractivity contribution in [3.05, 3.63) is 107 Å². The van der Waals surface area contributed by atoms with Gasteiger partial charge in [-0.15, -0.1) is 0 Å². The van der Waals surface area contributed by atoms with Crippen molar-refractivity contribution in [3.63, 3.8) is 0 Å². The van der Waals surface area contributed by atoms with Crippen LogP contribution in [0.1, 0.15) is 35.4 Å². The van der Waals surface area contributed by atoms with Crippen molar-refractivity contribution in [1.82, 2.24) is 9.91 Å². The first kappa shape index (κ1) is 28.5. The molecule has 2 heterocycles. The van der Waals surface area contributed by atoms with Gasteiger partial charge in [-0.1, -0.05) is 65.7 Å². The Morgan fingerprint density at radius 2 is 1.67 bits per heavy atom. The summed E-state index contributed by atoms with van der Waals surface area (Å²) in [6, 6.07) is 18.6. The summed E-state index contributed by atoms with van der Waals surface area (Å²) < 4.78 is 15.1. The second-order valence-corrected chi connectivity index (χ2v) is 12.2. The number of nitrogens with one attached hydrogen (secondary N) is 1. The second-order valence-electron chi connectivity index (χ2n) is 12.2. The number of hydrogen-bond acceptors (Lipinski definition) is 7. The van der Waals surface area contributed by atoms with Crippen molar-refractivity contribution >= 4 is 35.3 Å². The maximum Gasteiger partial charge on any atom is 0.328 e. The normalized spacial score (nSPS) is 28.8. The molecule has 0 unspecified atom stereocenters. The summed E-state index contributed by atoms with van der Waals surface area (Å²) in [5.74, 6) is -8.65. The molecule has 228 valence electrons. The third-order valence-electron chi connectivity index (χ3n) is 9.92. The average Bonchev–Trinajstić information content (AvgIpc) is 3.41. The first-order valence-electron chi connectivity index (χ1n) is 14.7. The van der Waals surface area contributed by atoms with Crippen LogP contribution in [0.5, 0.6) is 5.75 Å². The predicted octanol–water partition coefficient (Wildman–Crippen LogP) is 3.90. The molecule has 0 radical (unpaired) electrons. The molecule has 3 aromatic rings. The van der Waals surface area contributed by atoms with E-state index in [1.165, 1.54) is 12.1 Å². The summed E-state index contributed by atoms with van der Waals surface area (Å²) >= 11 is 0. The molecule has 0 bridgehead atoms. The zero-order valence-electron chi connectivity index (χ0n) is 24.1. The molecule has 7 rings (SSSR count). The molecule has 11 heteroatoms. The van der Waals surface area contributed by atoms with Crippen LogP contribution in [-0.4, -0.2) is 44.7 Å². The monoisotopic (exact) mass is 608 g/mol. The molecule has 2 aliphatic heterocycles. The zero-order chi connectivity index (χ0) is 31.8. The van der Waals surface area contributed by atoms with Crippen LogP contribution in [0.4, 0.5) is 14.9 Å². The minimum atomic E-state index is -1.58. The molecule has 4 N–H and O–H groups in total. The minimum absolute atomic E-state index is 0.0151. The molecule has 6 amide bonds. The van der Waals surface area contributed by atoms with E-state index in [9.17, 15) is 29.1 Å². The van der Waals surface area contributed by atoms with Crippen LogP contribution < -0.4 is 11.2 Å². The van der Waals surface area contributed by atoms with E-state index in [4.69, 9.17) is 5.73 Å². The number of nitrogens with zero attached hydrogens (tertiary/aromatic N) is 2. The van der Waals surface area contributed by atoms with Crippen LogP contribution in [0.2, 0.25) is 0 Å². The lowest BCUT2D eigenvalue weighted by atomic mass is 9.49. The molecular weight excluding hydrogens is 579 g/mol. The van der Waals surface area contributed by atoms with Gasteiger partial charge in [0.2, 0.25) is 11.8 Å². The van der Waals surface area contributed by atoms with Gasteiger partial charge in [0.25, 0.3) is 11.8 Å². The van der Waals surface area contributed by atoms with Gasteiger partial charge in [0.05, 0.1) is 28.9 Å². The second kappa shape index (κ2) is 10.1. The number of fused-ring (bicyclic) bond motifs is 4. The Morgan fingerprint density at radius 3 is 2.33 bits per heavy atom. The van der Waals surface area contributed by atoms with Gasteiger partial charge < -0.3 is 10.8 Å². The molecule has 3 fully saturated rings. The van der Waals surface area contributed by atoms with E-state index in [0.717, 1.165) is 16.6 Å². The number of primary amides is 1. The number of benzene rings is 3. The van der Waals surface area contributed by atoms with E-state index in [-0.39, 0.29) is 12.8 Å². The summed E-state index contributed by atoms with van der Waals surface area (Å²) in [5, 5.41) is 11.1. The molecule has 2 saturated heterocycles. The Labute approximate surface area is 257 Å². The summed E-state index contributed by atoms with van der Waals surface area (Å²) in [6.45, 7) is 1.91. The Kier molecular flexibility index (Phi) is 6.40. The number of nitrogens with two attached hydrogens (primary N) is 1. The van der Waals surface area contributed by atoms with E-state index in [1.54, 1.807) is 48.5 Å². The number of carbonyl (C=O) groups excluding carboxylic acids is 5. The zero-order valence-corrected chi connectivity index (χ0v) is 24.1. The highest BCUT2D eigenvalue weighted by Crippen LogP contribution is 2.64. The van der Waals surface area contributed by atoms with Gasteiger partial charge in [0, 0.05) is 5.92 Å². The van der Waals surface area contributed by atoms with E-state index in [2.05, 4.69) is 5.43 Å². The van der Waals surface area contributed by atoms with Crippen molar-refractivity contribution in [2.75, 3.05) is 5.43 Å². The van der Waals surface area contributed by atoms with Crippen LogP contribution in [0.15, 0.2) is 84.4 Å². The van der Waals surface area contributed by atoms with Crippen molar-refractivity contribution in [3.8, 4) is 5.75 Å². The average molecular weight is 609 g/mol. The molecule has 45 heavy (non-hydrogen) atoms. The lowest BCUT2D eigenvalue weighted by Crippen LogP contribution is -2.53. The van der Waals surface area contributed by atoms with Crippen molar-refractivity contribution in [1.29, 1.82) is 0 Å². The number of phenolic OH excluding ortho intramolecular Hbond substituents is 1. The third kappa shape index (κ3) is 3.96. The highest BCUT2D eigenvalue weighted by Gasteiger charge is 2.70. The number of aryl methyl sites for hydroxylation is 1. The summed E-state index contributed by atoms with van der Waals surface area (Å²) in [4.78, 5) is 68.8. The number of phenols is 1. The largest absolute Gasteiger partial charge is 0.505 e. The molecule has 0 aromatic heterocycles. The van der Waals surface area contributed by atoms with Gasteiger partial charge in [-0.2, -0.15) is 9.91 Å². The maximum absolute atomic E-state index is 15.1. The quantitative estimate of drug-likeness (QED) is 0.300. The van der Waals surface area contributed by atoms with Gasteiger partial charge in [0.15, 0.2) is 11.6 Å². The highest BCUT2D eigenvalue weighted by molar-refractivity contribution is 6.17. The maximum atomic E-state index is 15.1. The highest BCUT2D eigenvalue weighted by atomic mass is 19.1. The van der Waals surface area contributed by atoms with E-state index in [0.29, 0.717) is 27.3 Å². The standard InChI is InChI=1S/C34H29FN4O6/c1-17-7-10-20(11-8-17)37-39-30(42)24-16-23-21(12-13-22-27(23)31(43)38(29(22)41)33(36)45)28(18-9-14-26(40)25(35)15-18)34(24,32(39)44)19-5-3-2-4-6-19/h2-12,14-15,22-24,27-28,37,40H,13,16H2,1H3,(H2,36,45)/t22-,23+,24-,27-,28-,34+/m0/s1. The molecule has 3 aromatic carbocycles. The third-order valence-corrected chi connectivity index (χ3v) is 9.92. The number of hydrazine groups is 1. The molecule has 0 spiro atoms. The summed E-state index contributed by atoms with van der Waals surface area (Å²) in [7, 11) is 0. The van der Waals surface area contributed by atoms with Gasteiger partial charge in [-0.3, -0.25) is 24.6 Å². The van der Waals surface area contributed by atoms with Crippen molar-refractivity contribution in [2.45, 2.75) is 31.1 Å². The van der Waals surface area contributed by atoms with E-state index in [1.807, 2.05) is 19.1 Å². The molecule has 4 aliphatic rings. The number of amides is 6. The Morgan fingerprint density at radius 1 is 0.956 bits per heavy atom. The summed E-state index contributed by atoms with van der Waals surface area (Å²) in [6.07, 6.45) is 1.89. The number of likely N-dealkylation sites (tertiary alicyclic amines) is 1. The van der Waals surface area contributed by atoms with Crippen LogP contribution >= 0.6 is 0 Å². The van der Waals surface area contributed by atoms with Crippen LogP contribution in [-0.2, 0) is 24.6 Å². The predicted molar refractivity (Wildman–Crippen MR) is 158 cm³/mol. The SMILES string of the molecule is Cc1ccc(NN2C(=O)[C@@H]3C[C@@H]4C(=CC[C@@H]5C(=O)N(C(N)=O)C(=O)[C@@H]54)[C@H](c4ccc(O)c(F)c4)[C@]3(c3ccccc3)C2=O)cc1. The summed E-state index contributed by atoms with van der Waals surface area (Å²) in [5.41, 5.74) is 9.74.